The van der Waals surface area contributed by atoms with Gasteiger partial charge < -0.3 is 48.1 Å². The second-order valence-electron chi connectivity index (χ2n) is 10.4. The summed E-state index contributed by atoms with van der Waals surface area (Å²) in [7, 11) is 7.15. The van der Waals surface area contributed by atoms with Crippen LogP contribution >= 0.6 is 0 Å². The molecule has 1 aliphatic carbocycles. The van der Waals surface area contributed by atoms with Crippen LogP contribution in [0, 0.1) is 0 Å². The fourth-order valence-corrected chi connectivity index (χ4v) is 5.07. The highest BCUT2D eigenvalue weighted by molar-refractivity contribution is 6.24. The highest BCUT2D eigenvalue weighted by atomic mass is 16.6. The third kappa shape index (κ3) is 8.69. The van der Waals surface area contributed by atoms with Crippen molar-refractivity contribution in [2.24, 2.45) is 0 Å². The summed E-state index contributed by atoms with van der Waals surface area (Å²) in [4.78, 5) is 76.5. The number of rotatable bonds is 16. The highest BCUT2D eigenvalue weighted by Gasteiger charge is 2.43. The van der Waals surface area contributed by atoms with Crippen molar-refractivity contribution >= 4 is 35.4 Å². The Labute approximate surface area is 286 Å². The lowest BCUT2D eigenvalue weighted by Crippen LogP contribution is -2.31. The van der Waals surface area contributed by atoms with Crippen molar-refractivity contribution in [3.63, 3.8) is 0 Å². The molecule has 0 bridgehead atoms. The minimum Gasteiger partial charge on any atom is -0.504 e. The van der Waals surface area contributed by atoms with E-state index in [0.717, 1.165) is 28.4 Å². The molecular weight excluding hydrogens is 664 g/mol. The molecule has 268 valence electrons. The van der Waals surface area contributed by atoms with Crippen molar-refractivity contribution in [1.82, 2.24) is 0 Å². The topological polar surface area (TPSA) is 217 Å². The molecule has 50 heavy (non-hydrogen) atoms. The third-order valence-corrected chi connectivity index (χ3v) is 7.65. The van der Waals surface area contributed by atoms with Crippen LogP contribution in [-0.4, -0.2) is 102 Å². The fourth-order valence-electron chi connectivity index (χ4n) is 5.07. The number of benzene rings is 2. The van der Waals surface area contributed by atoms with Crippen LogP contribution in [0.4, 0.5) is 0 Å². The number of hydrogen-bond acceptors (Lipinski definition) is 16. The molecule has 2 atom stereocenters. The molecule has 2 aromatic carbocycles. The minimum absolute atomic E-state index is 0.0109. The quantitative estimate of drug-likeness (QED) is 0.146. The molecular formula is C34H36O16. The van der Waals surface area contributed by atoms with Crippen molar-refractivity contribution < 1.29 is 76.9 Å². The van der Waals surface area contributed by atoms with Crippen molar-refractivity contribution in [2.45, 2.75) is 24.7 Å². The Hall–Kier alpha value is -6.06. The molecule has 0 fully saturated rings. The van der Waals surface area contributed by atoms with Gasteiger partial charge in [0.05, 0.1) is 66.6 Å². The van der Waals surface area contributed by atoms with Gasteiger partial charge in [0.1, 0.15) is 0 Å². The molecule has 0 saturated carbocycles. The van der Waals surface area contributed by atoms with Crippen LogP contribution in [0.5, 0.6) is 23.0 Å². The first-order chi connectivity index (χ1) is 23.8. The molecule has 0 aliphatic heterocycles. The first kappa shape index (κ1) is 38.4. The van der Waals surface area contributed by atoms with E-state index in [2.05, 4.69) is 9.47 Å². The monoisotopic (exact) mass is 700 g/mol. The van der Waals surface area contributed by atoms with Gasteiger partial charge in [-0.1, -0.05) is 12.1 Å². The second-order valence-corrected chi connectivity index (χ2v) is 10.4. The van der Waals surface area contributed by atoms with Crippen molar-refractivity contribution in [2.75, 3.05) is 55.9 Å². The zero-order valence-electron chi connectivity index (χ0n) is 28.1. The molecule has 0 heterocycles. The molecule has 2 N–H and O–H groups in total. The van der Waals surface area contributed by atoms with Crippen molar-refractivity contribution in [3.8, 4) is 23.0 Å². The Bertz CT molecular complexity index is 1590. The lowest BCUT2D eigenvalue weighted by atomic mass is 9.75. The Morgan fingerprint density at radius 1 is 0.540 bits per heavy atom. The number of ether oxygens (including phenoxy) is 8. The first-order valence-corrected chi connectivity index (χ1v) is 14.7. The molecule has 2 aromatic rings. The van der Waals surface area contributed by atoms with E-state index < -0.39 is 96.0 Å². The van der Waals surface area contributed by atoms with Gasteiger partial charge in [-0.2, -0.15) is 0 Å². The predicted molar refractivity (Wildman–Crippen MR) is 169 cm³/mol. The van der Waals surface area contributed by atoms with Crippen molar-refractivity contribution in [3.05, 3.63) is 70.2 Å². The van der Waals surface area contributed by atoms with Crippen LogP contribution in [0.2, 0.25) is 0 Å². The number of esters is 4. The maximum atomic E-state index is 13.9. The Kier molecular flexibility index (Phi) is 13.3. The number of aliphatic hydroxyl groups excluding tert-OH is 2. The number of allylic oxidation sites excluding steroid dienone is 2. The summed E-state index contributed by atoms with van der Waals surface area (Å²) < 4.78 is 40.3. The minimum atomic E-state index is -1.40. The Morgan fingerprint density at radius 2 is 0.880 bits per heavy atom. The number of aliphatic hydroxyl groups is 2. The van der Waals surface area contributed by atoms with Crippen LogP contribution in [0.3, 0.4) is 0 Å². The summed E-state index contributed by atoms with van der Waals surface area (Å²) in [6, 6.07) is 8.26. The van der Waals surface area contributed by atoms with Gasteiger partial charge in [-0.3, -0.25) is 19.2 Å². The standard InChI is InChI=1S/C34H36O16/c1-43-21-9-7-17(11-23(21)49-15-27(37)47-5)19(13-25(35)45-3)29-31(39)33(41)30(34(42)32(29)40)20(14-26(36)46-4)18-8-10-22(44-2)24(12-18)50-16-28(38)48-6/h7-12,19-20,39,42H,13-16H2,1-6H3. The van der Waals surface area contributed by atoms with Crippen LogP contribution in [-0.2, 0) is 47.7 Å². The van der Waals surface area contributed by atoms with Gasteiger partial charge in [0.15, 0.2) is 47.7 Å². The lowest BCUT2D eigenvalue weighted by molar-refractivity contribution is -0.143. The van der Waals surface area contributed by atoms with Crippen LogP contribution in [0.25, 0.3) is 0 Å². The van der Waals surface area contributed by atoms with E-state index in [9.17, 15) is 39.0 Å². The molecule has 16 heteroatoms. The van der Waals surface area contributed by atoms with Gasteiger partial charge in [-0.25, -0.2) is 9.59 Å². The number of Topliss-reactive ketones (excluding diaryl/α,β-unsaturated/α-hetero) is 2. The molecule has 0 aromatic heterocycles. The van der Waals surface area contributed by atoms with E-state index >= 15 is 0 Å². The molecule has 1 aliphatic rings. The molecule has 0 saturated heterocycles. The maximum absolute atomic E-state index is 13.9. The van der Waals surface area contributed by atoms with E-state index in [4.69, 9.17) is 28.4 Å². The summed E-state index contributed by atoms with van der Waals surface area (Å²) in [5, 5.41) is 22.7. The smallest absolute Gasteiger partial charge is 0.343 e. The van der Waals surface area contributed by atoms with Gasteiger partial charge >= 0.3 is 23.9 Å². The van der Waals surface area contributed by atoms with Crippen molar-refractivity contribution in [1.29, 1.82) is 0 Å². The molecule has 3 rings (SSSR count). The molecule has 0 radical (unpaired) electrons. The predicted octanol–water partition coefficient (Wildman–Crippen LogP) is 2.58. The average molecular weight is 701 g/mol. The zero-order chi connectivity index (χ0) is 37.1. The number of carbonyl (C=O) groups excluding carboxylic acids is 6. The van der Waals surface area contributed by atoms with Crippen LogP contribution in [0.1, 0.15) is 35.8 Å². The number of hydrogen-bond donors (Lipinski definition) is 2. The highest BCUT2D eigenvalue weighted by Crippen LogP contribution is 2.43. The van der Waals surface area contributed by atoms with Gasteiger partial charge in [-0.15, -0.1) is 0 Å². The lowest BCUT2D eigenvalue weighted by Gasteiger charge is -2.28. The number of carbonyl (C=O) groups is 6. The molecule has 2 unspecified atom stereocenters. The summed E-state index contributed by atoms with van der Waals surface area (Å²) in [6.45, 7) is -1.06. The molecule has 0 spiro atoms. The fraction of sp³-hybridized carbons (Fsp3) is 0.353. The van der Waals surface area contributed by atoms with Crippen LogP contribution < -0.4 is 18.9 Å². The van der Waals surface area contributed by atoms with E-state index in [1.165, 1.54) is 50.6 Å². The zero-order valence-corrected chi connectivity index (χ0v) is 28.1. The van der Waals surface area contributed by atoms with Crippen LogP contribution in [0.15, 0.2) is 59.1 Å². The Morgan fingerprint density at radius 3 is 1.18 bits per heavy atom. The number of methoxy groups -OCH3 is 6. The largest absolute Gasteiger partial charge is 0.504 e. The van der Waals surface area contributed by atoms with Gasteiger partial charge in [-0.05, 0) is 35.4 Å². The summed E-state index contributed by atoms with van der Waals surface area (Å²) in [6.07, 6.45) is -1.18. The molecule has 16 nitrogen and oxygen atoms in total. The first-order valence-electron chi connectivity index (χ1n) is 14.7. The average Bonchev–Trinajstić information content (AvgIpc) is 3.13. The van der Waals surface area contributed by atoms with Gasteiger partial charge in [0.2, 0.25) is 11.6 Å². The van der Waals surface area contributed by atoms with Gasteiger partial charge in [0.25, 0.3) is 0 Å². The van der Waals surface area contributed by atoms with E-state index in [1.807, 2.05) is 0 Å². The normalized spacial score (nSPS) is 14.0. The summed E-state index contributed by atoms with van der Waals surface area (Å²) in [5.74, 6) is -10.3. The van der Waals surface area contributed by atoms with E-state index in [0.29, 0.717) is 0 Å². The van der Waals surface area contributed by atoms with Gasteiger partial charge in [0, 0.05) is 11.8 Å². The Balaban J connectivity index is 2.18. The third-order valence-electron chi connectivity index (χ3n) is 7.65. The maximum Gasteiger partial charge on any atom is 0.343 e. The van der Waals surface area contributed by atoms with E-state index in [-0.39, 0.29) is 34.1 Å². The second kappa shape index (κ2) is 17.4. The SMILES string of the molecule is COC(=O)COc1cc(C(CC(=O)OC)C2=C(O)C(=O)C(C(CC(=O)OC)c3ccc(OC)c(OCC(=O)OC)c3)=C(O)C2=O)ccc1OC. The van der Waals surface area contributed by atoms with E-state index in [1.54, 1.807) is 0 Å². The molecule has 0 amide bonds. The summed E-state index contributed by atoms with van der Waals surface area (Å²) in [5.41, 5.74) is -1.05. The number of ketones is 2. The summed E-state index contributed by atoms with van der Waals surface area (Å²) >= 11 is 0.